The number of rotatable bonds is 5. The summed E-state index contributed by atoms with van der Waals surface area (Å²) in [6, 6.07) is 3.83. The molecule has 0 amide bonds. The van der Waals surface area contributed by atoms with Crippen molar-refractivity contribution < 1.29 is 9.26 Å². The molecule has 2 N–H and O–H groups in total. The van der Waals surface area contributed by atoms with Crippen LogP contribution >= 0.6 is 0 Å². The molecule has 0 unspecified atom stereocenters. The van der Waals surface area contributed by atoms with Gasteiger partial charge in [0.2, 0.25) is 0 Å². The van der Waals surface area contributed by atoms with E-state index in [-0.39, 0.29) is 6.10 Å². The molecule has 0 aliphatic carbocycles. The van der Waals surface area contributed by atoms with Crippen LogP contribution in [0.3, 0.4) is 0 Å². The van der Waals surface area contributed by atoms with E-state index >= 15 is 0 Å². The Balaban J connectivity index is 1.37. The number of hydrogen-bond acceptors (Lipinski definition) is 9. The first-order valence-corrected chi connectivity index (χ1v) is 9.05. The monoisotopic (exact) mass is 365 g/mol. The van der Waals surface area contributed by atoms with Gasteiger partial charge >= 0.3 is 0 Å². The molecule has 2 aliphatic heterocycles. The molecule has 3 aromatic rings. The highest BCUT2D eigenvalue weighted by atomic mass is 16.5. The normalized spacial score (nSPS) is 18.6. The van der Waals surface area contributed by atoms with E-state index < -0.39 is 0 Å². The van der Waals surface area contributed by atoms with E-state index in [1.165, 1.54) is 0 Å². The molecule has 5 rings (SSSR count). The van der Waals surface area contributed by atoms with Gasteiger partial charge in [-0.1, -0.05) is 5.16 Å². The fourth-order valence-corrected chi connectivity index (χ4v) is 3.34. The van der Waals surface area contributed by atoms with Gasteiger partial charge in [-0.05, 0) is 25.0 Å². The highest BCUT2D eigenvalue weighted by Crippen LogP contribution is 2.28. The van der Waals surface area contributed by atoms with Gasteiger partial charge in [-0.15, -0.1) is 0 Å². The summed E-state index contributed by atoms with van der Waals surface area (Å²) in [7, 11) is 0. The minimum Gasteiger partial charge on any atom is -0.368 e. The summed E-state index contributed by atoms with van der Waals surface area (Å²) in [4.78, 5) is 18.0. The van der Waals surface area contributed by atoms with Crippen LogP contribution in [-0.2, 0) is 24.4 Å². The Bertz CT molecular complexity index is 938. The number of aromatic nitrogens is 5. The van der Waals surface area contributed by atoms with Crippen LogP contribution in [0.25, 0.3) is 11.4 Å². The van der Waals surface area contributed by atoms with Gasteiger partial charge in [0.05, 0.1) is 12.2 Å². The highest BCUT2D eigenvalue weighted by molar-refractivity contribution is 5.59. The molecule has 5 heterocycles. The third-order valence-electron chi connectivity index (χ3n) is 4.71. The molecule has 0 saturated carbocycles. The van der Waals surface area contributed by atoms with Crippen LogP contribution in [0.1, 0.15) is 41.9 Å². The molecule has 3 aromatic heterocycles. The number of ether oxygens (including phenoxy) is 1. The molecule has 2 aliphatic rings. The lowest BCUT2D eigenvalue weighted by Gasteiger charge is -2.10. The van der Waals surface area contributed by atoms with Crippen LogP contribution in [0.15, 0.2) is 29.0 Å². The van der Waals surface area contributed by atoms with Gasteiger partial charge in [-0.3, -0.25) is 4.98 Å². The van der Waals surface area contributed by atoms with Crippen LogP contribution < -0.4 is 10.6 Å². The first-order valence-electron chi connectivity index (χ1n) is 9.05. The van der Waals surface area contributed by atoms with Crippen LogP contribution in [0, 0.1) is 0 Å². The van der Waals surface area contributed by atoms with E-state index in [0.717, 1.165) is 55.2 Å². The van der Waals surface area contributed by atoms with Crippen LogP contribution in [-0.4, -0.2) is 31.7 Å². The fourth-order valence-electron chi connectivity index (χ4n) is 3.34. The van der Waals surface area contributed by atoms with Crippen molar-refractivity contribution in [1.29, 1.82) is 0 Å². The molecule has 1 fully saturated rings. The van der Waals surface area contributed by atoms with Crippen molar-refractivity contribution in [3.05, 3.63) is 47.5 Å². The Morgan fingerprint density at radius 1 is 1.22 bits per heavy atom. The Morgan fingerprint density at radius 2 is 2.22 bits per heavy atom. The van der Waals surface area contributed by atoms with E-state index in [4.69, 9.17) is 14.2 Å². The second-order valence-corrected chi connectivity index (χ2v) is 6.57. The zero-order valence-corrected chi connectivity index (χ0v) is 14.7. The van der Waals surface area contributed by atoms with Crippen LogP contribution in [0.2, 0.25) is 0 Å². The predicted molar refractivity (Wildman–Crippen MR) is 95.4 cm³/mol. The summed E-state index contributed by atoms with van der Waals surface area (Å²) in [6.07, 6.45) is 5.38. The van der Waals surface area contributed by atoms with Gasteiger partial charge < -0.3 is 19.9 Å². The van der Waals surface area contributed by atoms with Crippen LogP contribution in [0.4, 0.5) is 5.82 Å². The quantitative estimate of drug-likeness (QED) is 0.701. The summed E-state index contributed by atoms with van der Waals surface area (Å²) in [5.41, 5.74) is 2.96. The molecule has 27 heavy (non-hydrogen) atoms. The number of hydrogen-bond donors (Lipinski definition) is 2. The van der Waals surface area contributed by atoms with Gasteiger partial charge in [-0.2, -0.15) is 4.98 Å². The average Bonchev–Trinajstić information content (AvgIpc) is 3.47. The maximum absolute atomic E-state index is 5.59. The number of nitrogens with one attached hydrogen (secondary N) is 2. The Morgan fingerprint density at radius 3 is 3.07 bits per heavy atom. The van der Waals surface area contributed by atoms with Crippen molar-refractivity contribution in [1.82, 2.24) is 30.4 Å². The van der Waals surface area contributed by atoms with E-state index in [9.17, 15) is 0 Å². The third-order valence-corrected chi connectivity index (χ3v) is 4.71. The first kappa shape index (κ1) is 16.3. The topological polar surface area (TPSA) is 111 Å². The molecule has 0 radical (unpaired) electrons. The van der Waals surface area contributed by atoms with E-state index in [1.54, 1.807) is 12.4 Å². The SMILES string of the molecule is c1cncc(-c2nc3c(c(NCc4noc([C@@H]5CCCO5)n4)n2)CNC3)c1. The number of nitrogens with zero attached hydrogens (tertiary/aromatic N) is 5. The molecule has 1 atom stereocenters. The van der Waals surface area contributed by atoms with Gasteiger partial charge in [-0.25, -0.2) is 9.97 Å². The Kier molecular flexibility index (Phi) is 4.23. The van der Waals surface area contributed by atoms with Gasteiger partial charge in [0.15, 0.2) is 11.6 Å². The van der Waals surface area contributed by atoms with Crippen molar-refractivity contribution in [3.63, 3.8) is 0 Å². The second kappa shape index (κ2) is 7.01. The van der Waals surface area contributed by atoms with E-state index in [1.807, 2.05) is 12.1 Å². The lowest BCUT2D eigenvalue weighted by Crippen LogP contribution is -2.09. The maximum Gasteiger partial charge on any atom is 0.255 e. The largest absolute Gasteiger partial charge is 0.368 e. The second-order valence-electron chi connectivity index (χ2n) is 6.57. The molecule has 0 aromatic carbocycles. The third kappa shape index (κ3) is 3.26. The molecule has 9 heteroatoms. The van der Waals surface area contributed by atoms with Gasteiger partial charge in [0.25, 0.3) is 5.89 Å². The summed E-state index contributed by atoms with van der Waals surface area (Å²) in [5.74, 6) is 2.57. The summed E-state index contributed by atoms with van der Waals surface area (Å²) in [5, 5.41) is 10.7. The van der Waals surface area contributed by atoms with Crippen molar-refractivity contribution in [2.75, 3.05) is 11.9 Å². The fraction of sp³-hybridized carbons (Fsp3) is 0.389. The molecule has 0 bridgehead atoms. The van der Waals surface area contributed by atoms with E-state index in [0.29, 0.717) is 24.1 Å². The minimum absolute atomic E-state index is 0.0732. The molecule has 0 spiro atoms. The van der Waals surface area contributed by atoms with Crippen molar-refractivity contribution >= 4 is 5.82 Å². The highest BCUT2D eigenvalue weighted by Gasteiger charge is 2.24. The zero-order valence-electron chi connectivity index (χ0n) is 14.7. The van der Waals surface area contributed by atoms with Crippen molar-refractivity contribution in [3.8, 4) is 11.4 Å². The summed E-state index contributed by atoms with van der Waals surface area (Å²) >= 11 is 0. The number of pyridine rings is 1. The molecular weight excluding hydrogens is 346 g/mol. The summed E-state index contributed by atoms with van der Waals surface area (Å²) in [6.45, 7) is 2.63. The van der Waals surface area contributed by atoms with Gasteiger partial charge in [0.1, 0.15) is 11.9 Å². The van der Waals surface area contributed by atoms with Crippen molar-refractivity contribution in [2.45, 2.75) is 38.6 Å². The maximum atomic E-state index is 5.59. The summed E-state index contributed by atoms with van der Waals surface area (Å²) < 4.78 is 10.9. The average molecular weight is 365 g/mol. The Labute approximate surface area is 155 Å². The lowest BCUT2D eigenvalue weighted by molar-refractivity contribution is 0.0835. The van der Waals surface area contributed by atoms with Gasteiger partial charge in [0, 0.05) is 43.2 Å². The molecule has 1 saturated heterocycles. The van der Waals surface area contributed by atoms with Crippen molar-refractivity contribution in [2.24, 2.45) is 0 Å². The number of fused-ring (bicyclic) bond motifs is 1. The Hall–Kier alpha value is -2.91. The van der Waals surface area contributed by atoms with E-state index in [2.05, 4.69) is 30.7 Å². The lowest BCUT2D eigenvalue weighted by atomic mass is 10.2. The standard InChI is InChI=1S/C18H19N7O2/c1-3-11(7-19-5-1)16-22-13-9-20-8-12(13)17(24-16)21-10-15-23-18(27-25-15)14-4-2-6-26-14/h1,3,5,7,14,20H,2,4,6,8-10H2,(H,21,22,24)/t14-/m0/s1. The molecule has 9 nitrogen and oxygen atoms in total. The predicted octanol–water partition coefficient (Wildman–Crippen LogP) is 1.99. The molecule has 138 valence electrons. The number of anilines is 1. The first-order chi connectivity index (χ1) is 13.4. The minimum atomic E-state index is -0.0732. The van der Waals surface area contributed by atoms with Crippen LogP contribution in [0.5, 0.6) is 0 Å². The smallest absolute Gasteiger partial charge is 0.255 e. The molecular formula is C18H19N7O2. The zero-order chi connectivity index (χ0) is 18.1.